The zero-order valence-electron chi connectivity index (χ0n) is 18.4. The molecule has 0 spiro atoms. The van der Waals surface area contributed by atoms with Gasteiger partial charge < -0.3 is 14.2 Å². The van der Waals surface area contributed by atoms with Crippen LogP contribution in [0, 0.1) is 6.92 Å². The SMILES string of the molecule is CCOc1cc(/C=N/NC(=O)c2ccc(C)cc2OC)ccc1OC(=O)c1ccc(Cl)cc1. The number of carbonyl (C=O) groups is 2. The van der Waals surface area contributed by atoms with Crippen LogP contribution in [0.3, 0.4) is 0 Å². The molecular weight excluding hydrogens is 444 g/mol. The zero-order chi connectivity index (χ0) is 23.8. The number of hydrogen-bond donors (Lipinski definition) is 1. The lowest BCUT2D eigenvalue weighted by atomic mass is 10.1. The number of rotatable bonds is 8. The lowest BCUT2D eigenvalue weighted by molar-refractivity contribution is 0.0728. The lowest BCUT2D eigenvalue weighted by Crippen LogP contribution is -2.18. The number of methoxy groups -OCH3 is 1. The van der Waals surface area contributed by atoms with E-state index in [0.29, 0.717) is 39.8 Å². The summed E-state index contributed by atoms with van der Waals surface area (Å²) in [5, 5.41) is 4.53. The molecule has 0 aliphatic heterocycles. The first-order valence-electron chi connectivity index (χ1n) is 10.1. The predicted octanol–water partition coefficient (Wildman–Crippen LogP) is 5.04. The van der Waals surface area contributed by atoms with Crippen LogP contribution in [0.5, 0.6) is 17.2 Å². The molecule has 3 aromatic rings. The summed E-state index contributed by atoms with van der Waals surface area (Å²) < 4.78 is 16.3. The highest BCUT2D eigenvalue weighted by atomic mass is 35.5. The van der Waals surface area contributed by atoms with E-state index >= 15 is 0 Å². The van der Waals surface area contributed by atoms with Crippen LogP contribution < -0.4 is 19.6 Å². The smallest absolute Gasteiger partial charge is 0.343 e. The molecule has 0 atom stereocenters. The molecule has 1 N–H and O–H groups in total. The molecule has 8 heteroatoms. The van der Waals surface area contributed by atoms with Gasteiger partial charge in [-0.3, -0.25) is 4.79 Å². The molecule has 3 rings (SSSR count). The molecule has 1 amide bonds. The van der Waals surface area contributed by atoms with Gasteiger partial charge >= 0.3 is 5.97 Å². The molecule has 0 fully saturated rings. The molecule has 3 aromatic carbocycles. The fourth-order valence-corrected chi connectivity index (χ4v) is 3.04. The van der Waals surface area contributed by atoms with Crippen LogP contribution in [0.1, 0.15) is 38.8 Å². The second kappa shape index (κ2) is 11.2. The highest BCUT2D eigenvalue weighted by molar-refractivity contribution is 6.30. The minimum absolute atomic E-state index is 0.266. The molecule has 0 heterocycles. The predicted molar refractivity (Wildman–Crippen MR) is 127 cm³/mol. The number of halogens is 1. The Morgan fingerprint density at radius 3 is 2.45 bits per heavy atom. The normalized spacial score (nSPS) is 10.7. The first-order chi connectivity index (χ1) is 15.9. The Labute approximate surface area is 196 Å². The van der Waals surface area contributed by atoms with Crippen molar-refractivity contribution in [3.8, 4) is 17.2 Å². The van der Waals surface area contributed by atoms with E-state index in [0.717, 1.165) is 5.56 Å². The summed E-state index contributed by atoms with van der Waals surface area (Å²) in [6.07, 6.45) is 1.46. The van der Waals surface area contributed by atoms with E-state index in [-0.39, 0.29) is 5.75 Å². The minimum atomic E-state index is -0.534. The summed E-state index contributed by atoms with van der Waals surface area (Å²) in [6, 6.07) is 16.6. The number of carbonyl (C=O) groups excluding carboxylic acids is 2. The van der Waals surface area contributed by atoms with Crippen molar-refractivity contribution in [2.45, 2.75) is 13.8 Å². The summed E-state index contributed by atoms with van der Waals surface area (Å²) in [7, 11) is 1.51. The number of amides is 1. The third kappa shape index (κ3) is 6.33. The Morgan fingerprint density at radius 2 is 1.76 bits per heavy atom. The van der Waals surface area contributed by atoms with Gasteiger partial charge in [-0.05, 0) is 79.6 Å². The summed E-state index contributed by atoms with van der Waals surface area (Å²) in [5.74, 6) is 0.167. The van der Waals surface area contributed by atoms with Gasteiger partial charge in [0.15, 0.2) is 11.5 Å². The molecule has 0 aliphatic carbocycles. The standard InChI is InChI=1S/C25H23ClN2O5/c1-4-32-23-14-17(6-12-21(23)33-25(30)18-7-9-19(26)10-8-18)15-27-28-24(29)20-11-5-16(2)13-22(20)31-3/h5-15H,4H2,1-3H3,(H,28,29)/b27-15+. The van der Waals surface area contributed by atoms with Gasteiger partial charge in [0.05, 0.1) is 31.1 Å². The van der Waals surface area contributed by atoms with Crippen molar-refractivity contribution >= 4 is 29.7 Å². The Morgan fingerprint density at radius 1 is 1.00 bits per heavy atom. The Balaban J connectivity index is 1.72. The minimum Gasteiger partial charge on any atom is -0.496 e. The van der Waals surface area contributed by atoms with E-state index in [9.17, 15) is 9.59 Å². The van der Waals surface area contributed by atoms with Gasteiger partial charge in [-0.2, -0.15) is 5.10 Å². The summed E-state index contributed by atoms with van der Waals surface area (Å²) in [6.45, 7) is 4.10. The number of esters is 1. The van der Waals surface area contributed by atoms with E-state index in [4.69, 9.17) is 25.8 Å². The highest BCUT2D eigenvalue weighted by Crippen LogP contribution is 2.29. The molecule has 0 radical (unpaired) electrons. The van der Waals surface area contributed by atoms with E-state index in [1.807, 2.05) is 19.9 Å². The van der Waals surface area contributed by atoms with Gasteiger partial charge in [0.2, 0.25) is 0 Å². The van der Waals surface area contributed by atoms with Crippen molar-refractivity contribution in [3.63, 3.8) is 0 Å². The molecule has 0 unspecified atom stereocenters. The van der Waals surface area contributed by atoms with E-state index in [1.165, 1.54) is 13.3 Å². The Bertz CT molecular complexity index is 1180. The molecule has 0 saturated carbocycles. The molecule has 0 saturated heterocycles. The van der Waals surface area contributed by atoms with Gasteiger partial charge in [0.25, 0.3) is 5.91 Å². The Kier molecular flexibility index (Phi) is 8.05. The Hall–Kier alpha value is -3.84. The van der Waals surface area contributed by atoms with Crippen LogP contribution in [0.15, 0.2) is 65.8 Å². The number of hydrogen-bond acceptors (Lipinski definition) is 6. The van der Waals surface area contributed by atoms with Gasteiger partial charge in [-0.25, -0.2) is 10.2 Å². The number of nitrogens with one attached hydrogen (secondary N) is 1. The van der Waals surface area contributed by atoms with Crippen LogP contribution in [0.4, 0.5) is 0 Å². The third-order valence-electron chi connectivity index (χ3n) is 4.53. The fourth-order valence-electron chi connectivity index (χ4n) is 2.91. The number of ether oxygens (including phenoxy) is 3. The second-order valence-electron chi connectivity index (χ2n) is 6.94. The van der Waals surface area contributed by atoms with Crippen LogP contribution in [-0.2, 0) is 0 Å². The van der Waals surface area contributed by atoms with E-state index < -0.39 is 11.9 Å². The molecule has 7 nitrogen and oxygen atoms in total. The number of hydrazone groups is 1. The lowest BCUT2D eigenvalue weighted by Gasteiger charge is -2.11. The highest BCUT2D eigenvalue weighted by Gasteiger charge is 2.14. The number of benzene rings is 3. The summed E-state index contributed by atoms with van der Waals surface area (Å²) >= 11 is 5.86. The maximum Gasteiger partial charge on any atom is 0.343 e. The molecule has 0 aromatic heterocycles. The fraction of sp³-hybridized carbons (Fsp3) is 0.160. The molecule has 0 aliphatic rings. The first kappa shape index (κ1) is 23.8. The van der Waals surface area contributed by atoms with Gasteiger partial charge in [-0.1, -0.05) is 17.7 Å². The first-order valence-corrected chi connectivity index (χ1v) is 10.5. The number of aryl methyl sites for hydroxylation is 1. The molecule has 33 heavy (non-hydrogen) atoms. The van der Waals surface area contributed by atoms with Crippen molar-refractivity contribution in [3.05, 3.63) is 87.9 Å². The maximum absolute atomic E-state index is 12.4. The third-order valence-corrected chi connectivity index (χ3v) is 4.78. The quantitative estimate of drug-likeness (QED) is 0.217. The van der Waals surface area contributed by atoms with E-state index in [1.54, 1.807) is 54.6 Å². The average Bonchev–Trinajstić information content (AvgIpc) is 2.81. The summed E-state index contributed by atoms with van der Waals surface area (Å²) in [4.78, 5) is 24.8. The molecule has 0 bridgehead atoms. The van der Waals surface area contributed by atoms with Gasteiger partial charge in [0, 0.05) is 5.02 Å². The van der Waals surface area contributed by atoms with Crippen molar-refractivity contribution < 1.29 is 23.8 Å². The largest absolute Gasteiger partial charge is 0.496 e. The van der Waals surface area contributed by atoms with Gasteiger partial charge in [0.1, 0.15) is 5.75 Å². The zero-order valence-corrected chi connectivity index (χ0v) is 19.2. The average molecular weight is 467 g/mol. The van der Waals surface area contributed by atoms with Crippen molar-refractivity contribution in [1.29, 1.82) is 0 Å². The number of nitrogens with zero attached hydrogens (tertiary/aromatic N) is 1. The maximum atomic E-state index is 12.4. The molecular formula is C25H23ClN2O5. The van der Waals surface area contributed by atoms with Gasteiger partial charge in [-0.15, -0.1) is 0 Å². The van der Waals surface area contributed by atoms with Crippen LogP contribution in [0.2, 0.25) is 5.02 Å². The van der Waals surface area contributed by atoms with Crippen LogP contribution in [-0.4, -0.2) is 31.8 Å². The van der Waals surface area contributed by atoms with Crippen LogP contribution in [0.25, 0.3) is 0 Å². The molecule has 170 valence electrons. The van der Waals surface area contributed by atoms with Crippen molar-refractivity contribution in [2.75, 3.05) is 13.7 Å². The van der Waals surface area contributed by atoms with Crippen LogP contribution >= 0.6 is 11.6 Å². The second-order valence-corrected chi connectivity index (χ2v) is 7.37. The van der Waals surface area contributed by atoms with Crippen molar-refractivity contribution in [2.24, 2.45) is 5.10 Å². The van der Waals surface area contributed by atoms with Crippen molar-refractivity contribution in [1.82, 2.24) is 5.43 Å². The topological polar surface area (TPSA) is 86.2 Å². The van der Waals surface area contributed by atoms with E-state index in [2.05, 4.69) is 10.5 Å². The monoisotopic (exact) mass is 466 g/mol. The summed E-state index contributed by atoms with van der Waals surface area (Å²) in [5.41, 5.74) is 4.84.